The van der Waals surface area contributed by atoms with Gasteiger partial charge >= 0.3 is 18.3 Å². The first-order valence-corrected chi connectivity index (χ1v) is 9.81. The number of ether oxygens (including phenoxy) is 1. The average Bonchev–Trinajstić information content (AvgIpc) is 3.12. The van der Waals surface area contributed by atoms with Crippen LogP contribution in [0.1, 0.15) is 46.6 Å². The number of benzene rings is 2. The van der Waals surface area contributed by atoms with Crippen molar-refractivity contribution in [3.05, 3.63) is 64.2 Å². The molecule has 0 fully saturated rings. The van der Waals surface area contributed by atoms with Crippen LogP contribution in [0.4, 0.5) is 26.3 Å². The number of hydrogen-bond donors (Lipinski definition) is 2. The van der Waals surface area contributed by atoms with E-state index in [-0.39, 0.29) is 17.4 Å². The summed E-state index contributed by atoms with van der Waals surface area (Å²) in [6.45, 7) is -0.530. The summed E-state index contributed by atoms with van der Waals surface area (Å²) < 4.78 is 83.4. The number of aliphatic carboxylic acids is 1. The summed E-state index contributed by atoms with van der Waals surface area (Å²) in [5.74, 6) is -1.97. The third kappa shape index (κ3) is 5.84. The third-order valence-electron chi connectivity index (χ3n) is 5.35. The molecule has 1 unspecified atom stereocenters. The molecule has 3 N–H and O–H groups in total. The fourth-order valence-electron chi connectivity index (χ4n) is 3.80. The van der Waals surface area contributed by atoms with Gasteiger partial charge in [0.1, 0.15) is 12.4 Å². The lowest BCUT2D eigenvalue weighted by molar-refractivity contribution is -0.143. The number of rotatable bonds is 7. The lowest BCUT2D eigenvalue weighted by atomic mass is 9.91. The van der Waals surface area contributed by atoms with Crippen molar-refractivity contribution in [2.45, 2.75) is 50.2 Å². The zero-order chi connectivity index (χ0) is 24.6. The fourth-order valence-corrected chi connectivity index (χ4v) is 3.80. The van der Waals surface area contributed by atoms with Crippen LogP contribution in [0.25, 0.3) is 0 Å². The monoisotopic (exact) mass is 475 g/mol. The molecule has 0 aliphatic heterocycles. The van der Waals surface area contributed by atoms with Crippen LogP contribution in [-0.4, -0.2) is 22.9 Å². The molecule has 178 valence electrons. The molecule has 1 aliphatic carbocycles. The summed E-state index contributed by atoms with van der Waals surface area (Å²) in [5.41, 5.74) is 3.87. The number of nitrogens with two attached hydrogens (primary N) is 1. The van der Waals surface area contributed by atoms with Gasteiger partial charge in [-0.3, -0.25) is 9.59 Å². The highest BCUT2D eigenvalue weighted by Gasteiger charge is 2.37. The highest BCUT2D eigenvalue weighted by Crippen LogP contribution is 2.38. The number of carboxylic acid groups (broad SMARTS) is 1. The number of aryl methyl sites for hydroxylation is 1. The van der Waals surface area contributed by atoms with Crippen LogP contribution in [0.15, 0.2) is 36.4 Å². The second-order valence-corrected chi connectivity index (χ2v) is 7.76. The molecule has 2 atom stereocenters. The summed E-state index contributed by atoms with van der Waals surface area (Å²) in [7, 11) is 0. The van der Waals surface area contributed by atoms with Crippen molar-refractivity contribution >= 4 is 11.8 Å². The molecule has 3 rings (SSSR count). The van der Waals surface area contributed by atoms with E-state index in [1.165, 1.54) is 6.07 Å². The molecule has 0 heterocycles. The van der Waals surface area contributed by atoms with Gasteiger partial charge in [-0.05, 0) is 59.9 Å². The Morgan fingerprint density at radius 2 is 1.64 bits per heavy atom. The number of alkyl halides is 6. The van der Waals surface area contributed by atoms with Gasteiger partial charge in [0, 0.05) is 5.92 Å². The van der Waals surface area contributed by atoms with Crippen molar-refractivity contribution in [1.29, 1.82) is 0 Å². The Kier molecular flexibility index (Phi) is 6.73. The molecule has 1 aliphatic rings. The maximum Gasteiger partial charge on any atom is 0.416 e. The van der Waals surface area contributed by atoms with Crippen molar-refractivity contribution < 1.29 is 45.8 Å². The van der Waals surface area contributed by atoms with Gasteiger partial charge in [0.15, 0.2) is 5.78 Å². The highest BCUT2D eigenvalue weighted by atomic mass is 19.4. The summed E-state index contributed by atoms with van der Waals surface area (Å²) >= 11 is 0. The number of carbonyl (C=O) groups excluding carboxylic acids is 1. The topological polar surface area (TPSA) is 89.6 Å². The molecule has 0 bridgehead atoms. The van der Waals surface area contributed by atoms with Gasteiger partial charge in [-0.25, -0.2) is 0 Å². The van der Waals surface area contributed by atoms with Crippen LogP contribution >= 0.6 is 0 Å². The van der Waals surface area contributed by atoms with E-state index < -0.39 is 60.2 Å². The zero-order valence-corrected chi connectivity index (χ0v) is 17.0. The first kappa shape index (κ1) is 24.6. The second kappa shape index (κ2) is 9.05. The fraction of sp³-hybridized carbons (Fsp3) is 0.364. The van der Waals surface area contributed by atoms with Crippen molar-refractivity contribution in [1.82, 2.24) is 0 Å². The Morgan fingerprint density at radius 3 is 2.18 bits per heavy atom. The van der Waals surface area contributed by atoms with Gasteiger partial charge in [0.05, 0.1) is 23.6 Å². The maximum atomic E-state index is 13.0. The van der Waals surface area contributed by atoms with E-state index in [2.05, 4.69) is 0 Å². The summed E-state index contributed by atoms with van der Waals surface area (Å²) in [4.78, 5) is 23.2. The number of carboxylic acids is 1. The quantitative estimate of drug-likeness (QED) is 0.567. The van der Waals surface area contributed by atoms with Gasteiger partial charge in [-0.2, -0.15) is 26.3 Å². The van der Waals surface area contributed by atoms with Gasteiger partial charge in [-0.1, -0.05) is 6.07 Å². The maximum absolute atomic E-state index is 13.0. The van der Waals surface area contributed by atoms with Crippen molar-refractivity contribution in [2.24, 2.45) is 5.73 Å². The smallest absolute Gasteiger partial charge is 0.416 e. The van der Waals surface area contributed by atoms with Crippen LogP contribution in [0.5, 0.6) is 5.75 Å². The van der Waals surface area contributed by atoms with E-state index in [4.69, 9.17) is 15.6 Å². The van der Waals surface area contributed by atoms with Crippen molar-refractivity contribution in [2.75, 3.05) is 0 Å². The lowest BCUT2D eigenvalue weighted by Crippen LogP contribution is -2.36. The summed E-state index contributed by atoms with van der Waals surface area (Å²) in [5, 5.41) is 8.81. The molecule has 11 heteroatoms. The standard InChI is InChI=1S/C22H19F6NO4/c23-21(24,25)13-5-11(6-14(8-13)22(26,27)28)10-33-15-2-4-16-12(7-15)1-3-17(16)20(32)18(29)9-19(30)31/h2,4-8,17-18H,1,3,9-10,29H2,(H,30,31)/t17?,18-/m1/s1. The van der Waals surface area contributed by atoms with Gasteiger partial charge in [0.25, 0.3) is 0 Å². The van der Waals surface area contributed by atoms with E-state index in [0.717, 1.165) is 0 Å². The third-order valence-corrected chi connectivity index (χ3v) is 5.35. The van der Waals surface area contributed by atoms with Gasteiger partial charge in [-0.15, -0.1) is 0 Å². The Bertz CT molecular complexity index is 1030. The Balaban J connectivity index is 1.76. The molecular formula is C22H19F6NO4. The molecule has 0 saturated heterocycles. The molecule has 0 radical (unpaired) electrons. The van der Waals surface area contributed by atoms with E-state index >= 15 is 0 Å². The van der Waals surface area contributed by atoms with Crippen molar-refractivity contribution in [3.8, 4) is 5.75 Å². The first-order valence-electron chi connectivity index (χ1n) is 9.81. The number of Topliss-reactive ketones (excluding diaryl/α,β-unsaturated/α-hetero) is 1. The predicted molar refractivity (Wildman–Crippen MR) is 104 cm³/mol. The molecule has 2 aromatic carbocycles. The normalized spacial score (nSPS) is 16.9. The van der Waals surface area contributed by atoms with Crippen LogP contribution in [-0.2, 0) is 35.0 Å². The summed E-state index contributed by atoms with van der Waals surface area (Å²) in [6.07, 6.45) is -9.53. The predicted octanol–water partition coefficient (Wildman–Crippen LogP) is 4.70. The molecule has 0 saturated carbocycles. The number of halogens is 6. The van der Waals surface area contributed by atoms with Gasteiger partial charge < -0.3 is 15.6 Å². The van der Waals surface area contributed by atoms with Crippen LogP contribution in [0.2, 0.25) is 0 Å². The Labute approximate surface area is 184 Å². The highest BCUT2D eigenvalue weighted by molar-refractivity contribution is 5.93. The van der Waals surface area contributed by atoms with E-state index in [9.17, 15) is 35.9 Å². The molecule has 5 nitrogen and oxygen atoms in total. The molecule has 0 aromatic heterocycles. The summed E-state index contributed by atoms with van der Waals surface area (Å²) in [6, 6.07) is 4.67. The largest absolute Gasteiger partial charge is 0.489 e. The second-order valence-electron chi connectivity index (χ2n) is 7.76. The number of ketones is 1. The van der Waals surface area contributed by atoms with E-state index in [1.54, 1.807) is 12.1 Å². The zero-order valence-electron chi connectivity index (χ0n) is 17.0. The minimum Gasteiger partial charge on any atom is -0.489 e. The van der Waals surface area contributed by atoms with Crippen LogP contribution < -0.4 is 10.5 Å². The number of hydrogen-bond acceptors (Lipinski definition) is 4. The van der Waals surface area contributed by atoms with Crippen LogP contribution in [0.3, 0.4) is 0 Å². The van der Waals surface area contributed by atoms with Gasteiger partial charge in [0.2, 0.25) is 0 Å². The lowest BCUT2D eigenvalue weighted by Gasteiger charge is -2.16. The Morgan fingerprint density at radius 1 is 1.03 bits per heavy atom. The number of carbonyl (C=O) groups is 2. The molecule has 0 spiro atoms. The SMILES string of the molecule is N[C@H](CC(=O)O)C(=O)C1CCc2cc(OCc3cc(C(F)(F)F)cc(C(F)(F)F)c3)ccc21. The van der Waals surface area contributed by atoms with Crippen molar-refractivity contribution in [3.63, 3.8) is 0 Å². The average molecular weight is 475 g/mol. The minimum atomic E-state index is -4.95. The van der Waals surface area contributed by atoms with E-state index in [0.29, 0.717) is 36.1 Å². The molecule has 0 amide bonds. The molecule has 2 aromatic rings. The molecule has 33 heavy (non-hydrogen) atoms. The Hall–Kier alpha value is -3.08. The number of fused-ring (bicyclic) bond motifs is 1. The van der Waals surface area contributed by atoms with E-state index in [1.807, 2.05) is 0 Å². The minimum absolute atomic E-state index is 0.0467. The first-order chi connectivity index (χ1) is 15.3. The van der Waals surface area contributed by atoms with Crippen LogP contribution in [0, 0.1) is 0 Å². The molecular weight excluding hydrogens is 456 g/mol.